The molecule has 0 aromatic carbocycles. The van der Waals surface area contributed by atoms with Crippen molar-refractivity contribution in [3.63, 3.8) is 0 Å². The molecule has 1 fully saturated rings. The van der Waals surface area contributed by atoms with Crippen molar-refractivity contribution in [2.45, 2.75) is 47.5 Å². The predicted molar refractivity (Wildman–Crippen MR) is 87.4 cm³/mol. The van der Waals surface area contributed by atoms with Gasteiger partial charge in [-0.2, -0.15) is 0 Å². The van der Waals surface area contributed by atoms with Crippen molar-refractivity contribution in [1.29, 1.82) is 0 Å². The lowest BCUT2D eigenvalue weighted by molar-refractivity contribution is -0.147. The van der Waals surface area contributed by atoms with Crippen LogP contribution in [0.15, 0.2) is 35.5 Å². The summed E-state index contributed by atoms with van der Waals surface area (Å²) in [4.78, 5) is 24.5. The third-order valence-electron chi connectivity index (χ3n) is 5.73. The van der Waals surface area contributed by atoms with Crippen molar-refractivity contribution in [3.8, 4) is 0 Å². The van der Waals surface area contributed by atoms with Crippen LogP contribution in [0.2, 0.25) is 0 Å². The zero-order valence-corrected chi connectivity index (χ0v) is 14.2. The summed E-state index contributed by atoms with van der Waals surface area (Å²) in [5.41, 5.74) is 1.63. The molecule has 1 saturated carbocycles. The van der Waals surface area contributed by atoms with E-state index in [1.54, 1.807) is 6.08 Å². The van der Waals surface area contributed by atoms with Crippen LogP contribution in [0.4, 0.5) is 0 Å². The number of carboxylic acids is 1. The minimum atomic E-state index is -0.868. The molecule has 2 aliphatic rings. The summed E-state index contributed by atoms with van der Waals surface area (Å²) in [5, 5.41) is 10.0. The Morgan fingerprint density at radius 2 is 2.00 bits per heavy atom. The Kier molecular flexibility index (Phi) is 3.97. The number of carbonyl (C=O) groups is 2. The second kappa shape index (κ2) is 5.22. The number of carboxylic acid groups (broad SMARTS) is 1. The summed E-state index contributed by atoms with van der Waals surface area (Å²) in [6.07, 6.45) is 4.64. The van der Waals surface area contributed by atoms with E-state index in [-0.39, 0.29) is 23.0 Å². The van der Waals surface area contributed by atoms with Crippen molar-refractivity contribution < 1.29 is 14.7 Å². The average Bonchev–Trinajstić information content (AvgIpc) is 2.73. The molecule has 0 amide bonds. The van der Waals surface area contributed by atoms with Crippen LogP contribution in [-0.2, 0) is 9.59 Å². The summed E-state index contributed by atoms with van der Waals surface area (Å²) in [6, 6.07) is 0. The lowest BCUT2D eigenvalue weighted by atomic mass is 9.78. The first-order valence-electron chi connectivity index (χ1n) is 7.84. The summed E-state index contributed by atoms with van der Waals surface area (Å²) >= 11 is 0. The molecular weight excluding hydrogens is 276 g/mol. The van der Waals surface area contributed by atoms with Gasteiger partial charge in [-0.05, 0) is 38.2 Å². The number of carbonyl (C=O) groups excluding carboxylic acids is 1. The van der Waals surface area contributed by atoms with E-state index in [4.69, 9.17) is 0 Å². The summed E-state index contributed by atoms with van der Waals surface area (Å²) in [5.74, 6) is -0.931. The van der Waals surface area contributed by atoms with Gasteiger partial charge < -0.3 is 5.11 Å². The van der Waals surface area contributed by atoms with Gasteiger partial charge in [-0.3, -0.25) is 9.59 Å². The first-order valence-corrected chi connectivity index (χ1v) is 7.84. The molecule has 0 unspecified atom stereocenters. The normalized spacial score (nSPS) is 32.9. The Bertz CT molecular complexity index is 602. The molecular formula is C19H26O3. The summed E-state index contributed by atoms with van der Waals surface area (Å²) < 4.78 is 0. The second-order valence-electron chi connectivity index (χ2n) is 7.45. The molecule has 0 radical (unpaired) electrons. The first kappa shape index (κ1) is 16.7. The van der Waals surface area contributed by atoms with E-state index in [9.17, 15) is 14.7 Å². The van der Waals surface area contributed by atoms with Gasteiger partial charge in [0.15, 0.2) is 5.78 Å². The zero-order chi connectivity index (χ0) is 16.9. The molecule has 120 valence electrons. The maximum atomic E-state index is 12.3. The highest BCUT2D eigenvalue weighted by Gasteiger charge is 2.78. The zero-order valence-electron chi connectivity index (χ0n) is 14.2. The molecule has 3 atom stereocenters. The topological polar surface area (TPSA) is 54.4 Å². The number of hydrogen-bond donors (Lipinski definition) is 1. The van der Waals surface area contributed by atoms with Gasteiger partial charge in [-0.25, -0.2) is 0 Å². The Labute approximate surface area is 132 Å². The standard InChI is InChI=1S/C19H26O3/c1-7-8-13-12(4)14(10-15(13)20)19(17(21)22)16(9-11(2)3)18(19,5)6/h7,9,14,16H,1,8,10H2,2-6H3,(H,21,22)/t14-,16+,19+/m1/s1. The number of hydrogen-bond acceptors (Lipinski definition) is 2. The predicted octanol–water partition coefficient (Wildman–Crippen LogP) is 4.16. The molecule has 0 heterocycles. The Morgan fingerprint density at radius 3 is 2.45 bits per heavy atom. The van der Waals surface area contributed by atoms with Crippen molar-refractivity contribution in [2.24, 2.45) is 22.7 Å². The molecule has 3 nitrogen and oxygen atoms in total. The van der Waals surface area contributed by atoms with Crippen LogP contribution in [0.25, 0.3) is 0 Å². The molecule has 0 aromatic heterocycles. The highest BCUT2D eigenvalue weighted by molar-refractivity contribution is 6.00. The molecule has 1 N–H and O–H groups in total. The minimum Gasteiger partial charge on any atom is -0.481 e. The average molecular weight is 302 g/mol. The molecule has 0 spiro atoms. The Balaban J connectivity index is 2.53. The summed E-state index contributed by atoms with van der Waals surface area (Å²) in [6.45, 7) is 13.6. The molecule has 0 bridgehead atoms. The summed E-state index contributed by atoms with van der Waals surface area (Å²) in [7, 11) is 0. The first-order chi connectivity index (χ1) is 10.1. The molecule has 2 rings (SSSR count). The van der Waals surface area contributed by atoms with Gasteiger partial charge in [-0.1, -0.05) is 37.1 Å². The molecule has 22 heavy (non-hydrogen) atoms. The Hall–Kier alpha value is -1.64. The fourth-order valence-corrected chi connectivity index (χ4v) is 4.55. The van der Waals surface area contributed by atoms with Gasteiger partial charge in [0, 0.05) is 18.3 Å². The van der Waals surface area contributed by atoms with Crippen LogP contribution in [0.3, 0.4) is 0 Å². The highest BCUT2D eigenvalue weighted by Crippen LogP contribution is 2.75. The maximum Gasteiger partial charge on any atom is 0.311 e. The van der Waals surface area contributed by atoms with Gasteiger partial charge in [0.05, 0.1) is 5.41 Å². The van der Waals surface area contributed by atoms with Crippen LogP contribution in [0, 0.1) is 22.7 Å². The molecule has 0 aromatic rings. The van der Waals surface area contributed by atoms with Gasteiger partial charge in [-0.15, -0.1) is 6.58 Å². The number of allylic oxidation sites excluding steroid dienone is 5. The minimum absolute atomic E-state index is 0.0293. The lowest BCUT2D eigenvalue weighted by Gasteiger charge is -2.24. The van der Waals surface area contributed by atoms with Crippen LogP contribution >= 0.6 is 0 Å². The van der Waals surface area contributed by atoms with Crippen molar-refractivity contribution in [1.82, 2.24) is 0 Å². The lowest BCUT2D eigenvalue weighted by Crippen LogP contribution is -2.31. The fourth-order valence-electron chi connectivity index (χ4n) is 4.55. The third-order valence-corrected chi connectivity index (χ3v) is 5.73. The van der Waals surface area contributed by atoms with E-state index < -0.39 is 11.4 Å². The van der Waals surface area contributed by atoms with Gasteiger partial charge in [0.2, 0.25) is 0 Å². The van der Waals surface area contributed by atoms with Crippen molar-refractivity contribution in [2.75, 3.05) is 0 Å². The largest absolute Gasteiger partial charge is 0.481 e. The molecule has 0 aliphatic heterocycles. The van der Waals surface area contributed by atoms with Gasteiger partial charge in [0.25, 0.3) is 0 Å². The van der Waals surface area contributed by atoms with Crippen LogP contribution in [0.5, 0.6) is 0 Å². The fraction of sp³-hybridized carbons (Fsp3) is 0.579. The van der Waals surface area contributed by atoms with E-state index in [0.717, 1.165) is 16.7 Å². The quantitative estimate of drug-likeness (QED) is 0.776. The third kappa shape index (κ3) is 2.02. The number of rotatable bonds is 5. The van der Waals surface area contributed by atoms with E-state index in [2.05, 4.69) is 12.7 Å². The van der Waals surface area contributed by atoms with E-state index in [0.29, 0.717) is 12.8 Å². The SMILES string of the molecule is C=CCC1=C(C)[C@H]([C@@]2(C(=O)O)[C@@H](C=C(C)C)C2(C)C)CC1=O. The Morgan fingerprint density at radius 1 is 1.41 bits per heavy atom. The number of Topliss-reactive ketones (excluding diaryl/α,β-unsaturated/α-hetero) is 1. The molecule has 3 heteroatoms. The molecule has 2 aliphatic carbocycles. The number of aliphatic carboxylic acids is 1. The van der Waals surface area contributed by atoms with E-state index in [1.807, 2.05) is 34.6 Å². The van der Waals surface area contributed by atoms with Gasteiger partial charge >= 0.3 is 5.97 Å². The number of ketones is 1. The van der Waals surface area contributed by atoms with Crippen LogP contribution in [-0.4, -0.2) is 16.9 Å². The molecule has 0 saturated heterocycles. The van der Waals surface area contributed by atoms with E-state index >= 15 is 0 Å². The highest BCUT2D eigenvalue weighted by atomic mass is 16.4. The smallest absolute Gasteiger partial charge is 0.311 e. The maximum absolute atomic E-state index is 12.3. The van der Waals surface area contributed by atoms with Crippen molar-refractivity contribution >= 4 is 11.8 Å². The second-order valence-corrected chi connectivity index (χ2v) is 7.45. The van der Waals surface area contributed by atoms with Gasteiger partial charge in [0.1, 0.15) is 0 Å². The van der Waals surface area contributed by atoms with Crippen LogP contribution in [0.1, 0.15) is 47.5 Å². The van der Waals surface area contributed by atoms with Crippen molar-refractivity contribution in [3.05, 3.63) is 35.5 Å². The monoisotopic (exact) mass is 302 g/mol. The van der Waals surface area contributed by atoms with E-state index in [1.165, 1.54) is 0 Å². The van der Waals surface area contributed by atoms with Crippen LogP contribution < -0.4 is 0 Å².